The maximum atomic E-state index is 12.9. The number of thiazole rings is 1. The predicted molar refractivity (Wildman–Crippen MR) is 70.9 cm³/mol. The SMILES string of the molecule is Cc1ncsc1C(=O)N(CC(F)F)c1ccc(F)cc1. The van der Waals surface area contributed by atoms with Crippen LogP contribution in [0.4, 0.5) is 18.9 Å². The van der Waals surface area contributed by atoms with Crippen molar-refractivity contribution in [1.29, 1.82) is 0 Å². The molecule has 106 valence electrons. The number of benzene rings is 1. The molecule has 7 heteroatoms. The van der Waals surface area contributed by atoms with Crippen LogP contribution in [0.25, 0.3) is 0 Å². The summed E-state index contributed by atoms with van der Waals surface area (Å²) in [6.45, 7) is 0.886. The van der Waals surface area contributed by atoms with Crippen molar-refractivity contribution in [3.63, 3.8) is 0 Å². The van der Waals surface area contributed by atoms with E-state index in [9.17, 15) is 18.0 Å². The van der Waals surface area contributed by atoms with Crippen molar-refractivity contribution in [2.75, 3.05) is 11.4 Å². The van der Waals surface area contributed by atoms with E-state index in [-0.39, 0.29) is 5.69 Å². The molecule has 3 nitrogen and oxygen atoms in total. The number of alkyl halides is 2. The number of rotatable bonds is 4. The summed E-state index contributed by atoms with van der Waals surface area (Å²) in [5, 5.41) is 0. The van der Waals surface area contributed by atoms with Crippen LogP contribution in [-0.4, -0.2) is 23.9 Å². The van der Waals surface area contributed by atoms with Gasteiger partial charge in [0.25, 0.3) is 12.3 Å². The van der Waals surface area contributed by atoms with Crippen molar-refractivity contribution in [2.45, 2.75) is 13.3 Å². The second-order valence-corrected chi connectivity index (χ2v) is 4.90. The first-order chi connectivity index (χ1) is 9.49. The predicted octanol–water partition coefficient (Wildman–Crippen LogP) is 3.50. The molecule has 0 aliphatic carbocycles. The molecule has 0 unspecified atom stereocenters. The number of halogens is 3. The topological polar surface area (TPSA) is 33.2 Å². The Bertz CT molecular complexity index is 598. The largest absolute Gasteiger partial charge is 0.302 e. The van der Waals surface area contributed by atoms with Gasteiger partial charge in [-0.3, -0.25) is 4.79 Å². The molecule has 20 heavy (non-hydrogen) atoms. The highest BCUT2D eigenvalue weighted by atomic mass is 32.1. The first-order valence-corrected chi connectivity index (χ1v) is 6.62. The maximum Gasteiger partial charge on any atom is 0.270 e. The van der Waals surface area contributed by atoms with Crippen LogP contribution in [0, 0.1) is 12.7 Å². The highest BCUT2D eigenvalue weighted by molar-refractivity contribution is 7.12. The van der Waals surface area contributed by atoms with Crippen molar-refractivity contribution < 1.29 is 18.0 Å². The first-order valence-electron chi connectivity index (χ1n) is 5.74. The molecular weight excluding hydrogens is 289 g/mol. The molecule has 1 heterocycles. The highest BCUT2D eigenvalue weighted by Gasteiger charge is 2.24. The van der Waals surface area contributed by atoms with E-state index in [2.05, 4.69) is 4.98 Å². The molecular formula is C13H11F3N2OS. The van der Waals surface area contributed by atoms with Crippen molar-refractivity contribution in [2.24, 2.45) is 0 Å². The highest BCUT2D eigenvalue weighted by Crippen LogP contribution is 2.22. The second kappa shape index (κ2) is 6.04. The van der Waals surface area contributed by atoms with Gasteiger partial charge >= 0.3 is 0 Å². The zero-order chi connectivity index (χ0) is 14.7. The zero-order valence-electron chi connectivity index (χ0n) is 10.5. The quantitative estimate of drug-likeness (QED) is 0.866. The minimum absolute atomic E-state index is 0.226. The minimum atomic E-state index is -2.68. The van der Waals surface area contributed by atoms with Crippen LogP contribution in [0.2, 0.25) is 0 Å². The monoisotopic (exact) mass is 300 g/mol. The number of nitrogens with zero attached hydrogens (tertiary/aromatic N) is 2. The Kier molecular flexibility index (Phi) is 4.39. The normalized spacial score (nSPS) is 10.8. The molecule has 0 spiro atoms. The van der Waals surface area contributed by atoms with Crippen molar-refractivity contribution >= 4 is 22.9 Å². The number of hydrogen-bond acceptors (Lipinski definition) is 3. The van der Waals surface area contributed by atoms with Crippen molar-refractivity contribution in [3.05, 3.63) is 46.2 Å². The Balaban J connectivity index is 2.35. The van der Waals surface area contributed by atoms with E-state index >= 15 is 0 Å². The van der Waals surface area contributed by atoms with Crippen LogP contribution >= 0.6 is 11.3 Å². The molecule has 0 fully saturated rings. The Morgan fingerprint density at radius 1 is 1.35 bits per heavy atom. The van der Waals surface area contributed by atoms with Crippen LogP contribution in [-0.2, 0) is 0 Å². The number of amides is 1. The lowest BCUT2D eigenvalue weighted by atomic mass is 10.2. The molecule has 0 aliphatic rings. The van der Waals surface area contributed by atoms with E-state index in [1.807, 2.05) is 0 Å². The second-order valence-electron chi connectivity index (χ2n) is 4.05. The van der Waals surface area contributed by atoms with Gasteiger partial charge in [0.1, 0.15) is 10.7 Å². The summed E-state index contributed by atoms with van der Waals surface area (Å²) in [5.41, 5.74) is 2.19. The third-order valence-corrected chi connectivity index (χ3v) is 3.56. The van der Waals surface area contributed by atoms with Gasteiger partial charge in [-0.05, 0) is 31.2 Å². The van der Waals surface area contributed by atoms with Gasteiger partial charge in [-0.25, -0.2) is 18.2 Å². The smallest absolute Gasteiger partial charge is 0.270 e. The fourth-order valence-corrected chi connectivity index (χ4v) is 2.44. The van der Waals surface area contributed by atoms with Crippen LogP contribution in [0.3, 0.4) is 0 Å². The van der Waals surface area contributed by atoms with E-state index in [0.29, 0.717) is 10.6 Å². The number of aryl methyl sites for hydroxylation is 1. The molecule has 2 rings (SSSR count). The van der Waals surface area contributed by atoms with Gasteiger partial charge in [0.15, 0.2) is 0 Å². The minimum Gasteiger partial charge on any atom is -0.302 e. The molecule has 1 aromatic carbocycles. The lowest BCUT2D eigenvalue weighted by Gasteiger charge is -2.22. The average Bonchev–Trinajstić information content (AvgIpc) is 2.82. The number of hydrogen-bond donors (Lipinski definition) is 0. The number of aromatic nitrogens is 1. The molecule has 0 N–H and O–H groups in total. The lowest BCUT2D eigenvalue weighted by molar-refractivity contribution is 0.0948. The fourth-order valence-electron chi connectivity index (χ4n) is 1.69. The third kappa shape index (κ3) is 3.16. The molecule has 0 radical (unpaired) electrons. The molecule has 2 aromatic rings. The molecule has 0 atom stereocenters. The van der Waals surface area contributed by atoms with Gasteiger partial charge in [-0.2, -0.15) is 0 Å². The number of anilines is 1. The Hall–Kier alpha value is -1.89. The Morgan fingerprint density at radius 3 is 2.50 bits per heavy atom. The van der Waals surface area contributed by atoms with E-state index in [1.165, 1.54) is 17.6 Å². The number of carbonyl (C=O) groups excluding carboxylic acids is 1. The summed E-state index contributed by atoms with van der Waals surface area (Å²) in [4.78, 5) is 17.5. The zero-order valence-corrected chi connectivity index (χ0v) is 11.3. The summed E-state index contributed by atoms with van der Waals surface area (Å²) in [6, 6.07) is 4.85. The van der Waals surface area contributed by atoms with Crippen LogP contribution in [0.15, 0.2) is 29.8 Å². The summed E-state index contributed by atoms with van der Waals surface area (Å²) >= 11 is 1.09. The molecule has 1 aromatic heterocycles. The summed E-state index contributed by atoms with van der Waals surface area (Å²) in [6.07, 6.45) is -2.68. The summed E-state index contributed by atoms with van der Waals surface area (Å²) in [7, 11) is 0. The van der Waals surface area contributed by atoms with E-state index in [4.69, 9.17) is 0 Å². The third-order valence-electron chi connectivity index (χ3n) is 2.64. The van der Waals surface area contributed by atoms with E-state index in [1.54, 1.807) is 6.92 Å². The van der Waals surface area contributed by atoms with E-state index < -0.39 is 24.7 Å². The van der Waals surface area contributed by atoms with Crippen LogP contribution in [0.1, 0.15) is 15.4 Å². The number of carbonyl (C=O) groups is 1. The summed E-state index contributed by atoms with van der Waals surface area (Å²) in [5.74, 6) is -1.05. The van der Waals surface area contributed by atoms with Crippen LogP contribution < -0.4 is 4.90 Å². The van der Waals surface area contributed by atoms with Crippen LogP contribution in [0.5, 0.6) is 0 Å². The Labute approximate surface area is 117 Å². The standard InChI is InChI=1S/C13H11F3N2OS/c1-8-12(20-7-17-8)13(19)18(6-11(15)16)10-4-2-9(14)3-5-10/h2-5,7,11H,6H2,1H3. The first kappa shape index (κ1) is 14.5. The van der Waals surface area contributed by atoms with Gasteiger partial charge in [-0.1, -0.05) is 0 Å². The van der Waals surface area contributed by atoms with Gasteiger partial charge in [-0.15, -0.1) is 11.3 Å². The van der Waals surface area contributed by atoms with Gasteiger partial charge in [0.05, 0.1) is 17.7 Å². The molecule has 0 aliphatic heterocycles. The summed E-state index contributed by atoms with van der Waals surface area (Å²) < 4.78 is 38.2. The van der Waals surface area contributed by atoms with Gasteiger partial charge < -0.3 is 4.90 Å². The van der Waals surface area contributed by atoms with Crippen molar-refractivity contribution in [1.82, 2.24) is 4.98 Å². The van der Waals surface area contributed by atoms with Gasteiger partial charge in [0, 0.05) is 5.69 Å². The molecule has 0 bridgehead atoms. The Morgan fingerprint density at radius 2 is 2.00 bits per heavy atom. The average molecular weight is 300 g/mol. The molecule has 1 amide bonds. The maximum absolute atomic E-state index is 12.9. The fraction of sp³-hybridized carbons (Fsp3) is 0.231. The molecule has 0 saturated carbocycles. The lowest BCUT2D eigenvalue weighted by Crippen LogP contribution is -2.35. The van der Waals surface area contributed by atoms with Gasteiger partial charge in [0.2, 0.25) is 0 Å². The molecule has 0 saturated heterocycles. The van der Waals surface area contributed by atoms with Crippen molar-refractivity contribution in [3.8, 4) is 0 Å². The van der Waals surface area contributed by atoms with E-state index in [0.717, 1.165) is 28.4 Å².